The second-order valence-corrected chi connectivity index (χ2v) is 6.15. The molecule has 0 fully saturated rings. The topological polar surface area (TPSA) is 63.2 Å². The molecule has 1 aromatic heterocycles. The lowest BCUT2D eigenvalue weighted by atomic mass is 10.2. The van der Waals surface area contributed by atoms with Gasteiger partial charge in [-0.2, -0.15) is 0 Å². The molecular formula is C15H19N3O2S. The highest BCUT2D eigenvalue weighted by Gasteiger charge is 2.13. The normalized spacial score (nSPS) is 11.8. The van der Waals surface area contributed by atoms with Crippen LogP contribution in [-0.2, 0) is 4.74 Å². The van der Waals surface area contributed by atoms with E-state index >= 15 is 0 Å². The molecule has 0 spiro atoms. The predicted octanol–water partition coefficient (Wildman–Crippen LogP) is 4.11. The Labute approximate surface area is 128 Å². The zero-order valence-electron chi connectivity index (χ0n) is 12.6. The zero-order valence-corrected chi connectivity index (χ0v) is 13.4. The van der Waals surface area contributed by atoms with Crippen molar-refractivity contribution >= 4 is 28.8 Å². The van der Waals surface area contributed by atoms with Gasteiger partial charge in [0, 0.05) is 16.3 Å². The Kier molecular flexibility index (Phi) is 4.80. The SMILES string of the molecule is COC(=O)Nc1cccc(NC(C)c2nc(C)sc2C)c1. The van der Waals surface area contributed by atoms with E-state index in [9.17, 15) is 4.79 Å². The molecular weight excluding hydrogens is 286 g/mol. The summed E-state index contributed by atoms with van der Waals surface area (Å²) in [6, 6.07) is 7.60. The van der Waals surface area contributed by atoms with E-state index in [-0.39, 0.29) is 6.04 Å². The van der Waals surface area contributed by atoms with Crippen molar-refractivity contribution in [2.75, 3.05) is 17.7 Å². The summed E-state index contributed by atoms with van der Waals surface area (Å²) < 4.78 is 4.58. The molecule has 5 nitrogen and oxygen atoms in total. The average Bonchev–Trinajstić information content (AvgIpc) is 2.78. The molecule has 6 heteroatoms. The van der Waals surface area contributed by atoms with Crippen LogP contribution in [0.3, 0.4) is 0 Å². The second-order valence-electron chi connectivity index (χ2n) is 4.74. The van der Waals surface area contributed by atoms with E-state index in [2.05, 4.69) is 34.2 Å². The summed E-state index contributed by atoms with van der Waals surface area (Å²) in [5.74, 6) is 0. The number of nitrogens with zero attached hydrogens (tertiary/aromatic N) is 1. The number of aromatic nitrogens is 1. The Hall–Kier alpha value is -2.08. The van der Waals surface area contributed by atoms with Crippen molar-refractivity contribution in [3.05, 3.63) is 39.8 Å². The Morgan fingerprint density at radius 1 is 1.33 bits per heavy atom. The standard InChI is InChI=1S/C15H19N3O2S/c1-9(14-10(2)21-11(3)17-14)16-12-6-5-7-13(8-12)18-15(19)20-4/h5-9,16H,1-4H3,(H,18,19). The molecule has 1 aromatic carbocycles. The Bertz CT molecular complexity index is 640. The fraction of sp³-hybridized carbons (Fsp3) is 0.333. The number of carbonyl (C=O) groups excluding carboxylic acids is 1. The first-order valence-corrected chi connectivity index (χ1v) is 7.46. The lowest BCUT2D eigenvalue weighted by molar-refractivity contribution is 0.187. The van der Waals surface area contributed by atoms with Crippen molar-refractivity contribution in [3.63, 3.8) is 0 Å². The highest BCUT2D eigenvalue weighted by atomic mass is 32.1. The third-order valence-electron chi connectivity index (χ3n) is 3.03. The van der Waals surface area contributed by atoms with E-state index in [1.807, 2.05) is 31.2 Å². The molecule has 0 aliphatic rings. The maximum absolute atomic E-state index is 11.2. The molecule has 2 aromatic rings. The number of hydrogen-bond donors (Lipinski definition) is 2. The van der Waals surface area contributed by atoms with Gasteiger partial charge in [0.2, 0.25) is 0 Å². The Balaban J connectivity index is 2.10. The van der Waals surface area contributed by atoms with Crippen LogP contribution in [0.4, 0.5) is 16.2 Å². The van der Waals surface area contributed by atoms with Gasteiger partial charge >= 0.3 is 6.09 Å². The zero-order chi connectivity index (χ0) is 15.4. The summed E-state index contributed by atoms with van der Waals surface area (Å²) in [5.41, 5.74) is 2.66. The largest absolute Gasteiger partial charge is 0.453 e. The number of thiazole rings is 1. The molecule has 112 valence electrons. The minimum Gasteiger partial charge on any atom is -0.453 e. The first-order chi connectivity index (χ1) is 9.99. The van der Waals surface area contributed by atoms with Crippen LogP contribution >= 0.6 is 11.3 Å². The fourth-order valence-electron chi connectivity index (χ4n) is 2.12. The number of ether oxygens (including phenoxy) is 1. The van der Waals surface area contributed by atoms with Crippen molar-refractivity contribution in [1.29, 1.82) is 0 Å². The smallest absolute Gasteiger partial charge is 0.411 e. The van der Waals surface area contributed by atoms with Crippen LogP contribution in [0.5, 0.6) is 0 Å². The predicted molar refractivity (Wildman–Crippen MR) is 86.1 cm³/mol. The number of hydrogen-bond acceptors (Lipinski definition) is 5. The van der Waals surface area contributed by atoms with Gasteiger partial charge in [-0.25, -0.2) is 9.78 Å². The Morgan fingerprint density at radius 3 is 2.67 bits per heavy atom. The average molecular weight is 305 g/mol. The molecule has 1 unspecified atom stereocenters. The first kappa shape index (κ1) is 15.3. The molecule has 0 saturated carbocycles. The van der Waals surface area contributed by atoms with E-state index in [4.69, 9.17) is 0 Å². The number of nitrogens with one attached hydrogen (secondary N) is 2. The second kappa shape index (κ2) is 6.58. The summed E-state index contributed by atoms with van der Waals surface area (Å²) in [6.45, 7) is 6.16. The molecule has 0 aliphatic carbocycles. The van der Waals surface area contributed by atoms with Gasteiger partial charge in [-0.15, -0.1) is 11.3 Å². The van der Waals surface area contributed by atoms with Gasteiger partial charge in [0.05, 0.1) is 23.9 Å². The van der Waals surface area contributed by atoms with Gasteiger partial charge in [0.25, 0.3) is 0 Å². The van der Waals surface area contributed by atoms with Gasteiger partial charge < -0.3 is 10.1 Å². The van der Waals surface area contributed by atoms with E-state index in [0.29, 0.717) is 5.69 Å². The van der Waals surface area contributed by atoms with Crippen molar-refractivity contribution in [2.45, 2.75) is 26.8 Å². The summed E-state index contributed by atoms with van der Waals surface area (Å²) >= 11 is 1.70. The highest BCUT2D eigenvalue weighted by Crippen LogP contribution is 2.26. The van der Waals surface area contributed by atoms with Crippen molar-refractivity contribution in [1.82, 2.24) is 4.98 Å². The van der Waals surface area contributed by atoms with Crippen molar-refractivity contribution < 1.29 is 9.53 Å². The number of rotatable bonds is 4. The molecule has 21 heavy (non-hydrogen) atoms. The minimum absolute atomic E-state index is 0.100. The van der Waals surface area contributed by atoms with Gasteiger partial charge in [-0.05, 0) is 39.0 Å². The molecule has 2 N–H and O–H groups in total. The van der Waals surface area contributed by atoms with E-state index in [1.54, 1.807) is 11.3 Å². The highest BCUT2D eigenvalue weighted by molar-refractivity contribution is 7.11. The summed E-state index contributed by atoms with van der Waals surface area (Å²) in [4.78, 5) is 17.0. The van der Waals surface area contributed by atoms with Gasteiger partial charge in [-0.3, -0.25) is 5.32 Å². The van der Waals surface area contributed by atoms with E-state index < -0.39 is 6.09 Å². The monoisotopic (exact) mass is 305 g/mol. The maximum atomic E-state index is 11.2. The van der Waals surface area contributed by atoms with Crippen LogP contribution in [0.25, 0.3) is 0 Å². The van der Waals surface area contributed by atoms with Crippen LogP contribution in [0.15, 0.2) is 24.3 Å². The van der Waals surface area contributed by atoms with Gasteiger partial charge in [0.15, 0.2) is 0 Å². The molecule has 1 atom stereocenters. The molecule has 0 bridgehead atoms. The number of anilines is 2. The van der Waals surface area contributed by atoms with Crippen LogP contribution in [0.1, 0.15) is 28.5 Å². The molecule has 0 aliphatic heterocycles. The first-order valence-electron chi connectivity index (χ1n) is 6.65. The lowest BCUT2D eigenvalue weighted by Gasteiger charge is -2.15. The number of carbonyl (C=O) groups is 1. The number of amides is 1. The minimum atomic E-state index is -0.480. The summed E-state index contributed by atoms with van der Waals surface area (Å²) in [5, 5.41) is 7.11. The molecule has 0 radical (unpaired) electrons. The van der Waals surface area contributed by atoms with Gasteiger partial charge in [0.1, 0.15) is 0 Å². The van der Waals surface area contributed by atoms with Crippen molar-refractivity contribution in [2.24, 2.45) is 0 Å². The third-order valence-corrected chi connectivity index (χ3v) is 3.93. The third kappa shape index (κ3) is 3.95. The molecule has 0 saturated heterocycles. The van der Waals surface area contributed by atoms with Crippen LogP contribution < -0.4 is 10.6 Å². The number of methoxy groups -OCH3 is 1. The van der Waals surface area contributed by atoms with Crippen LogP contribution in [0, 0.1) is 13.8 Å². The fourth-order valence-corrected chi connectivity index (χ4v) is 3.03. The van der Waals surface area contributed by atoms with Crippen molar-refractivity contribution in [3.8, 4) is 0 Å². The van der Waals surface area contributed by atoms with Gasteiger partial charge in [-0.1, -0.05) is 6.07 Å². The van der Waals surface area contributed by atoms with E-state index in [1.165, 1.54) is 12.0 Å². The summed E-state index contributed by atoms with van der Waals surface area (Å²) in [7, 11) is 1.34. The molecule has 1 amide bonds. The van der Waals surface area contributed by atoms with Crippen LogP contribution in [0.2, 0.25) is 0 Å². The number of aryl methyl sites for hydroxylation is 2. The van der Waals surface area contributed by atoms with Crippen LogP contribution in [-0.4, -0.2) is 18.2 Å². The lowest BCUT2D eigenvalue weighted by Crippen LogP contribution is -2.12. The molecule has 2 rings (SSSR count). The summed E-state index contributed by atoms with van der Waals surface area (Å²) in [6.07, 6.45) is -0.480. The van der Waals surface area contributed by atoms with E-state index in [0.717, 1.165) is 16.4 Å². The Morgan fingerprint density at radius 2 is 2.05 bits per heavy atom. The quantitative estimate of drug-likeness (QED) is 0.892. The maximum Gasteiger partial charge on any atom is 0.411 e. The molecule has 1 heterocycles. The number of benzene rings is 1.